The Morgan fingerprint density at radius 3 is 2.17 bits per heavy atom. The second kappa shape index (κ2) is 4.89. The summed E-state index contributed by atoms with van der Waals surface area (Å²) >= 11 is 1.28. The number of hydrogen-bond donors (Lipinski definition) is 1. The van der Waals surface area contributed by atoms with Gasteiger partial charge in [-0.2, -0.15) is 13.2 Å². The molecule has 2 rings (SSSR count). The topological polar surface area (TPSA) is 38.9 Å². The highest BCUT2D eigenvalue weighted by molar-refractivity contribution is 7.99. The summed E-state index contributed by atoms with van der Waals surface area (Å²) in [7, 11) is 0. The normalized spacial score (nSPS) is 11.5. The summed E-state index contributed by atoms with van der Waals surface area (Å²) in [6, 6.07) is 9.41. The molecule has 18 heavy (non-hydrogen) atoms. The van der Waals surface area contributed by atoms with Crippen molar-refractivity contribution < 1.29 is 13.2 Å². The van der Waals surface area contributed by atoms with Crippen LogP contribution in [0.3, 0.4) is 0 Å². The van der Waals surface area contributed by atoms with Gasteiger partial charge in [0.2, 0.25) is 0 Å². The monoisotopic (exact) mass is 270 g/mol. The van der Waals surface area contributed by atoms with Gasteiger partial charge in [0.25, 0.3) is 0 Å². The summed E-state index contributed by atoms with van der Waals surface area (Å²) in [5.41, 5.74) is 5.43. The van der Waals surface area contributed by atoms with E-state index in [2.05, 4.69) is 4.98 Å². The van der Waals surface area contributed by atoms with Crippen LogP contribution < -0.4 is 5.73 Å². The van der Waals surface area contributed by atoms with E-state index >= 15 is 0 Å². The number of nitrogens with zero attached hydrogens (tertiary/aromatic N) is 1. The molecule has 0 fully saturated rings. The highest BCUT2D eigenvalue weighted by atomic mass is 32.2. The Labute approximate surface area is 106 Å². The first kappa shape index (κ1) is 12.8. The molecular weight excluding hydrogens is 261 g/mol. The number of aromatic nitrogens is 1. The average Bonchev–Trinajstić information content (AvgIpc) is 2.32. The van der Waals surface area contributed by atoms with Gasteiger partial charge in [-0.15, -0.1) is 0 Å². The molecule has 0 radical (unpaired) electrons. The minimum absolute atomic E-state index is 0.507. The lowest BCUT2D eigenvalue weighted by molar-refractivity contribution is -0.137. The predicted octanol–water partition coefficient (Wildman–Crippen LogP) is 3.83. The van der Waals surface area contributed by atoms with Gasteiger partial charge in [-0.1, -0.05) is 11.8 Å². The third-order valence-corrected chi connectivity index (χ3v) is 3.12. The number of anilines is 1. The number of halogens is 3. The van der Waals surface area contributed by atoms with Gasteiger partial charge in [-0.3, -0.25) is 0 Å². The van der Waals surface area contributed by atoms with Gasteiger partial charge < -0.3 is 5.73 Å². The first-order valence-corrected chi connectivity index (χ1v) is 5.83. The molecule has 2 aromatic rings. The van der Waals surface area contributed by atoms with Gasteiger partial charge in [-0.05, 0) is 36.4 Å². The summed E-state index contributed by atoms with van der Waals surface area (Å²) < 4.78 is 37.0. The SMILES string of the molecule is Nc1ccc(Sc2ccc(C(F)(F)F)cn2)cc1. The molecule has 0 aliphatic carbocycles. The predicted molar refractivity (Wildman–Crippen MR) is 64.2 cm³/mol. The van der Waals surface area contributed by atoms with E-state index in [1.807, 2.05) is 0 Å². The molecule has 0 saturated heterocycles. The molecule has 0 spiro atoms. The quantitative estimate of drug-likeness (QED) is 0.843. The number of pyridine rings is 1. The van der Waals surface area contributed by atoms with Crippen molar-refractivity contribution in [1.82, 2.24) is 4.98 Å². The Balaban J connectivity index is 2.13. The van der Waals surface area contributed by atoms with Gasteiger partial charge in [0, 0.05) is 16.8 Å². The molecule has 94 valence electrons. The van der Waals surface area contributed by atoms with Crippen molar-refractivity contribution in [3.8, 4) is 0 Å². The van der Waals surface area contributed by atoms with Crippen LogP contribution in [-0.4, -0.2) is 4.98 Å². The van der Waals surface area contributed by atoms with Crippen molar-refractivity contribution >= 4 is 17.4 Å². The fraction of sp³-hybridized carbons (Fsp3) is 0.0833. The maximum Gasteiger partial charge on any atom is 0.417 e. The first-order valence-electron chi connectivity index (χ1n) is 5.02. The molecule has 1 aromatic heterocycles. The van der Waals surface area contributed by atoms with Crippen molar-refractivity contribution in [3.05, 3.63) is 48.2 Å². The maximum atomic E-state index is 12.3. The second-order valence-electron chi connectivity index (χ2n) is 3.55. The Bertz CT molecular complexity index is 521. The fourth-order valence-electron chi connectivity index (χ4n) is 1.26. The third-order valence-electron chi connectivity index (χ3n) is 2.17. The number of nitrogen functional groups attached to an aromatic ring is 1. The van der Waals surface area contributed by atoms with Crippen molar-refractivity contribution in [3.63, 3.8) is 0 Å². The zero-order valence-corrected chi connectivity index (χ0v) is 9.92. The Morgan fingerprint density at radius 2 is 1.67 bits per heavy atom. The lowest BCUT2D eigenvalue weighted by Crippen LogP contribution is -2.04. The summed E-state index contributed by atoms with van der Waals surface area (Å²) in [4.78, 5) is 4.65. The van der Waals surface area contributed by atoms with E-state index in [9.17, 15) is 13.2 Å². The van der Waals surface area contributed by atoms with E-state index in [1.165, 1.54) is 17.8 Å². The molecule has 2 N–H and O–H groups in total. The number of nitrogens with two attached hydrogens (primary N) is 1. The van der Waals surface area contributed by atoms with Gasteiger partial charge in [0.15, 0.2) is 0 Å². The largest absolute Gasteiger partial charge is 0.417 e. The van der Waals surface area contributed by atoms with Crippen LogP contribution >= 0.6 is 11.8 Å². The summed E-state index contributed by atoms with van der Waals surface area (Å²) in [6.45, 7) is 0. The zero-order valence-electron chi connectivity index (χ0n) is 9.11. The van der Waals surface area contributed by atoms with Gasteiger partial charge in [0.05, 0.1) is 5.56 Å². The van der Waals surface area contributed by atoms with E-state index < -0.39 is 11.7 Å². The van der Waals surface area contributed by atoms with E-state index in [-0.39, 0.29) is 0 Å². The van der Waals surface area contributed by atoms with E-state index in [0.29, 0.717) is 10.7 Å². The lowest BCUT2D eigenvalue weighted by atomic mass is 10.3. The summed E-state index contributed by atoms with van der Waals surface area (Å²) in [5, 5.41) is 0.507. The molecule has 6 heteroatoms. The molecule has 0 bridgehead atoms. The molecule has 2 nitrogen and oxygen atoms in total. The minimum Gasteiger partial charge on any atom is -0.399 e. The number of rotatable bonds is 2. The van der Waals surface area contributed by atoms with E-state index in [0.717, 1.165) is 17.2 Å². The van der Waals surface area contributed by atoms with Crippen LogP contribution in [0.5, 0.6) is 0 Å². The highest BCUT2D eigenvalue weighted by Crippen LogP contribution is 2.31. The highest BCUT2D eigenvalue weighted by Gasteiger charge is 2.30. The molecule has 0 atom stereocenters. The minimum atomic E-state index is -4.35. The molecule has 0 amide bonds. The average molecular weight is 270 g/mol. The van der Waals surface area contributed by atoms with Crippen LogP contribution in [0.15, 0.2) is 52.5 Å². The third kappa shape index (κ3) is 3.16. The van der Waals surface area contributed by atoms with Crippen LogP contribution in [0.2, 0.25) is 0 Å². The number of alkyl halides is 3. The lowest BCUT2D eigenvalue weighted by Gasteiger charge is -2.06. The van der Waals surface area contributed by atoms with Gasteiger partial charge in [-0.25, -0.2) is 4.98 Å². The van der Waals surface area contributed by atoms with Gasteiger partial charge >= 0.3 is 6.18 Å². The summed E-state index contributed by atoms with van der Waals surface area (Å²) in [5.74, 6) is 0. The van der Waals surface area contributed by atoms with Crippen LogP contribution in [0.25, 0.3) is 0 Å². The second-order valence-corrected chi connectivity index (χ2v) is 4.65. The maximum absolute atomic E-state index is 12.3. The van der Waals surface area contributed by atoms with Gasteiger partial charge in [0.1, 0.15) is 5.03 Å². The Morgan fingerprint density at radius 1 is 1.00 bits per heavy atom. The van der Waals surface area contributed by atoms with Crippen LogP contribution in [-0.2, 0) is 6.18 Å². The van der Waals surface area contributed by atoms with Crippen LogP contribution in [0, 0.1) is 0 Å². The molecule has 1 heterocycles. The van der Waals surface area contributed by atoms with E-state index in [4.69, 9.17) is 5.73 Å². The molecular formula is C12H9F3N2S. The van der Waals surface area contributed by atoms with Crippen LogP contribution in [0.1, 0.15) is 5.56 Å². The first-order chi connectivity index (χ1) is 8.45. The van der Waals surface area contributed by atoms with Crippen LogP contribution in [0.4, 0.5) is 18.9 Å². The summed E-state index contributed by atoms with van der Waals surface area (Å²) in [6.07, 6.45) is -3.52. The smallest absolute Gasteiger partial charge is 0.399 e. The fourth-order valence-corrected chi connectivity index (χ4v) is 2.02. The molecule has 0 aliphatic rings. The van der Waals surface area contributed by atoms with Crippen molar-refractivity contribution in [2.75, 3.05) is 5.73 Å². The molecule has 0 aliphatic heterocycles. The Hall–Kier alpha value is -1.69. The Kier molecular flexibility index (Phi) is 3.47. The standard InChI is InChI=1S/C12H9F3N2S/c13-12(14,15)8-1-6-11(17-7-8)18-10-4-2-9(16)3-5-10/h1-7H,16H2. The zero-order chi connectivity index (χ0) is 13.2. The molecule has 0 unspecified atom stereocenters. The van der Waals surface area contributed by atoms with E-state index in [1.54, 1.807) is 24.3 Å². The van der Waals surface area contributed by atoms with Crippen molar-refractivity contribution in [2.24, 2.45) is 0 Å². The molecule has 1 aromatic carbocycles. The molecule has 0 saturated carbocycles. The van der Waals surface area contributed by atoms with Crippen molar-refractivity contribution in [1.29, 1.82) is 0 Å². The number of hydrogen-bond acceptors (Lipinski definition) is 3. The van der Waals surface area contributed by atoms with Crippen molar-refractivity contribution in [2.45, 2.75) is 16.1 Å². The number of benzene rings is 1.